The van der Waals surface area contributed by atoms with E-state index in [4.69, 9.17) is 4.98 Å². The average Bonchev–Trinajstić information content (AvgIpc) is 3.34. The zero-order chi connectivity index (χ0) is 17.2. The largest absolute Gasteiger partial charge is 0.342 e. The van der Waals surface area contributed by atoms with Crippen molar-refractivity contribution < 1.29 is 4.79 Å². The number of nitrogens with zero attached hydrogens (tertiary/aromatic N) is 4. The van der Waals surface area contributed by atoms with Crippen LogP contribution in [0.15, 0.2) is 35.2 Å². The molecule has 0 radical (unpaired) electrons. The van der Waals surface area contributed by atoms with E-state index in [1.54, 1.807) is 11.3 Å². The van der Waals surface area contributed by atoms with Crippen molar-refractivity contribution in [2.75, 3.05) is 13.1 Å². The highest BCUT2D eigenvalue weighted by Crippen LogP contribution is 2.29. The van der Waals surface area contributed by atoms with Gasteiger partial charge in [-0.1, -0.05) is 6.92 Å². The molecule has 1 fully saturated rings. The lowest BCUT2D eigenvalue weighted by Gasteiger charge is -2.17. The molecule has 0 spiro atoms. The van der Waals surface area contributed by atoms with Crippen LogP contribution >= 0.6 is 11.3 Å². The van der Waals surface area contributed by atoms with Crippen molar-refractivity contribution in [2.24, 2.45) is 0 Å². The fourth-order valence-electron chi connectivity index (χ4n) is 3.61. The summed E-state index contributed by atoms with van der Waals surface area (Å²) in [5.74, 6) is 1.60. The monoisotopic (exact) mass is 354 g/mol. The van der Waals surface area contributed by atoms with Crippen LogP contribution in [-0.4, -0.2) is 38.4 Å². The number of fused-ring (bicyclic) bond motifs is 1. The Hall–Kier alpha value is -2.21. The predicted molar refractivity (Wildman–Crippen MR) is 99.8 cm³/mol. The van der Waals surface area contributed by atoms with Gasteiger partial charge in [0.1, 0.15) is 11.3 Å². The van der Waals surface area contributed by atoms with Crippen LogP contribution in [0, 0.1) is 0 Å². The smallest absolute Gasteiger partial charge is 0.227 e. The van der Waals surface area contributed by atoms with Gasteiger partial charge in [-0.15, -0.1) is 0 Å². The Kier molecular flexibility index (Phi) is 4.53. The molecule has 1 unspecified atom stereocenters. The van der Waals surface area contributed by atoms with Crippen LogP contribution in [-0.2, 0) is 17.8 Å². The minimum Gasteiger partial charge on any atom is -0.342 e. The number of aromatic nitrogens is 3. The van der Waals surface area contributed by atoms with Gasteiger partial charge in [-0.05, 0) is 47.4 Å². The molecule has 1 aliphatic rings. The topological polar surface area (TPSA) is 51.0 Å². The average molecular weight is 354 g/mol. The maximum atomic E-state index is 12.6. The Morgan fingerprint density at radius 1 is 1.40 bits per heavy atom. The maximum absolute atomic E-state index is 12.6. The summed E-state index contributed by atoms with van der Waals surface area (Å²) >= 11 is 1.64. The van der Waals surface area contributed by atoms with E-state index in [9.17, 15) is 4.79 Å². The molecule has 1 atom stereocenters. The van der Waals surface area contributed by atoms with Crippen LogP contribution in [0.3, 0.4) is 0 Å². The molecule has 3 aromatic heterocycles. The lowest BCUT2D eigenvalue weighted by atomic mass is 10.1. The number of pyridine rings is 1. The van der Waals surface area contributed by atoms with Crippen molar-refractivity contribution in [2.45, 2.75) is 38.6 Å². The number of aryl methyl sites for hydroxylation is 1. The zero-order valence-electron chi connectivity index (χ0n) is 14.4. The lowest BCUT2D eigenvalue weighted by molar-refractivity contribution is -0.129. The Morgan fingerprint density at radius 3 is 3.12 bits per heavy atom. The standard InChI is InChI=1S/C19H22N4OS/c1-2-8-23-18(21-16-4-3-7-20-19(16)23)15-5-9-22(12-15)17(24)11-14-6-10-25-13-14/h3-4,6-7,10,13,15H,2,5,8-9,11-12H2,1H3. The molecule has 0 N–H and O–H groups in total. The first-order valence-electron chi connectivity index (χ1n) is 8.86. The maximum Gasteiger partial charge on any atom is 0.227 e. The van der Waals surface area contributed by atoms with Crippen LogP contribution in [0.5, 0.6) is 0 Å². The summed E-state index contributed by atoms with van der Waals surface area (Å²) in [6.45, 7) is 4.67. The highest BCUT2D eigenvalue weighted by Gasteiger charge is 2.31. The van der Waals surface area contributed by atoms with Crippen LogP contribution in [0.4, 0.5) is 0 Å². The van der Waals surface area contributed by atoms with Crippen molar-refractivity contribution in [3.8, 4) is 0 Å². The van der Waals surface area contributed by atoms with Gasteiger partial charge in [0, 0.05) is 31.7 Å². The third-order valence-corrected chi connectivity index (χ3v) is 5.55. The van der Waals surface area contributed by atoms with Crippen LogP contribution in [0.2, 0.25) is 0 Å². The van der Waals surface area contributed by atoms with Gasteiger partial charge in [0.05, 0.1) is 6.42 Å². The highest BCUT2D eigenvalue weighted by molar-refractivity contribution is 7.08. The molecule has 130 valence electrons. The van der Waals surface area contributed by atoms with E-state index in [1.807, 2.05) is 34.7 Å². The fourth-order valence-corrected chi connectivity index (χ4v) is 4.28. The number of imidazole rings is 1. The van der Waals surface area contributed by atoms with E-state index in [2.05, 4.69) is 21.9 Å². The SMILES string of the molecule is CCCn1c(C2CCN(C(=O)Cc3ccsc3)C2)nc2cccnc21. The number of hydrogen-bond donors (Lipinski definition) is 0. The second-order valence-corrected chi connectivity index (χ2v) is 7.38. The second-order valence-electron chi connectivity index (χ2n) is 6.60. The number of carbonyl (C=O) groups is 1. The van der Waals surface area contributed by atoms with Gasteiger partial charge in [-0.2, -0.15) is 11.3 Å². The number of carbonyl (C=O) groups excluding carboxylic acids is 1. The van der Waals surface area contributed by atoms with Crippen LogP contribution < -0.4 is 0 Å². The van der Waals surface area contributed by atoms with E-state index in [0.717, 1.165) is 55.0 Å². The van der Waals surface area contributed by atoms with Crippen LogP contribution in [0.25, 0.3) is 11.2 Å². The van der Waals surface area contributed by atoms with Gasteiger partial charge in [-0.25, -0.2) is 9.97 Å². The first-order valence-corrected chi connectivity index (χ1v) is 9.80. The van der Waals surface area contributed by atoms with Gasteiger partial charge >= 0.3 is 0 Å². The van der Waals surface area contributed by atoms with E-state index >= 15 is 0 Å². The van der Waals surface area contributed by atoms with Gasteiger partial charge < -0.3 is 9.47 Å². The summed E-state index contributed by atoms with van der Waals surface area (Å²) < 4.78 is 2.24. The molecule has 4 heterocycles. The molecule has 1 amide bonds. The Balaban J connectivity index is 1.54. The lowest BCUT2D eigenvalue weighted by Crippen LogP contribution is -2.30. The van der Waals surface area contributed by atoms with E-state index in [1.165, 1.54) is 0 Å². The fraction of sp³-hybridized carbons (Fsp3) is 0.421. The minimum absolute atomic E-state index is 0.220. The Bertz CT molecular complexity index is 871. The molecule has 5 nitrogen and oxygen atoms in total. The van der Waals surface area contributed by atoms with Gasteiger partial charge in [0.25, 0.3) is 0 Å². The number of hydrogen-bond acceptors (Lipinski definition) is 4. The molecule has 0 bridgehead atoms. The molecule has 0 aromatic carbocycles. The Labute approximate surface area is 151 Å². The van der Waals surface area contributed by atoms with E-state index in [-0.39, 0.29) is 5.91 Å². The molecular formula is C19H22N4OS. The number of amides is 1. The van der Waals surface area contributed by atoms with E-state index < -0.39 is 0 Å². The van der Waals surface area contributed by atoms with Crippen molar-refractivity contribution in [3.05, 3.63) is 46.5 Å². The first-order chi connectivity index (χ1) is 12.3. The van der Waals surface area contributed by atoms with Crippen molar-refractivity contribution in [1.29, 1.82) is 0 Å². The van der Waals surface area contributed by atoms with Gasteiger partial charge in [0.15, 0.2) is 5.65 Å². The van der Waals surface area contributed by atoms with Crippen molar-refractivity contribution in [1.82, 2.24) is 19.4 Å². The number of thiophene rings is 1. The van der Waals surface area contributed by atoms with Gasteiger partial charge in [-0.3, -0.25) is 4.79 Å². The molecule has 0 aliphatic carbocycles. The third kappa shape index (κ3) is 3.18. The van der Waals surface area contributed by atoms with E-state index in [0.29, 0.717) is 12.3 Å². The summed E-state index contributed by atoms with van der Waals surface area (Å²) in [5, 5.41) is 4.08. The molecule has 4 rings (SSSR count). The number of likely N-dealkylation sites (tertiary alicyclic amines) is 1. The molecule has 1 saturated heterocycles. The van der Waals surface area contributed by atoms with Crippen LogP contribution in [0.1, 0.15) is 37.1 Å². The summed E-state index contributed by atoms with van der Waals surface area (Å²) in [5.41, 5.74) is 3.03. The van der Waals surface area contributed by atoms with Gasteiger partial charge in [0.2, 0.25) is 5.91 Å². The second kappa shape index (κ2) is 6.96. The number of rotatable bonds is 5. The first kappa shape index (κ1) is 16.3. The molecule has 1 aliphatic heterocycles. The predicted octanol–water partition coefficient (Wildman–Crippen LogP) is 3.46. The molecule has 3 aromatic rings. The summed E-state index contributed by atoms with van der Waals surface area (Å²) in [6.07, 6.45) is 4.35. The molecule has 6 heteroatoms. The normalized spacial score (nSPS) is 17.5. The zero-order valence-corrected chi connectivity index (χ0v) is 15.2. The minimum atomic E-state index is 0.220. The summed E-state index contributed by atoms with van der Waals surface area (Å²) in [7, 11) is 0. The summed E-state index contributed by atoms with van der Waals surface area (Å²) in [4.78, 5) is 23.9. The Morgan fingerprint density at radius 2 is 2.32 bits per heavy atom. The molecule has 25 heavy (non-hydrogen) atoms. The highest BCUT2D eigenvalue weighted by atomic mass is 32.1. The molecular weight excluding hydrogens is 332 g/mol. The quantitative estimate of drug-likeness (QED) is 0.705. The van der Waals surface area contributed by atoms with Crippen molar-refractivity contribution >= 4 is 28.4 Å². The van der Waals surface area contributed by atoms with Crippen molar-refractivity contribution in [3.63, 3.8) is 0 Å². The third-order valence-electron chi connectivity index (χ3n) is 4.82. The molecule has 0 saturated carbocycles. The summed E-state index contributed by atoms with van der Waals surface area (Å²) in [6, 6.07) is 5.98.